The molecule has 8 nitrogen and oxygen atoms in total. The predicted octanol–water partition coefficient (Wildman–Crippen LogP) is 0.606. The number of carbonyl (C=O) groups is 1. The van der Waals surface area contributed by atoms with Gasteiger partial charge in [-0.1, -0.05) is 0 Å². The summed E-state index contributed by atoms with van der Waals surface area (Å²) >= 11 is 0. The zero-order valence-corrected chi connectivity index (χ0v) is 14.0. The minimum absolute atomic E-state index is 0.0105. The molecule has 0 spiro atoms. The van der Waals surface area contributed by atoms with Gasteiger partial charge in [-0.05, 0) is 13.8 Å². The van der Waals surface area contributed by atoms with E-state index in [4.69, 9.17) is 0 Å². The first-order valence-electron chi connectivity index (χ1n) is 7.75. The average Bonchev–Trinajstić information content (AvgIpc) is 3.17. The number of fused-ring (bicyclic) bond motifs is 1. The summed E-state index contributed by atoms with van der Waals surface area (Å²) < 4.78 is 1.63. The van der Waals surface area contributed by atoms with Crippen molar-refractivity contribution < 1.29 is 4.79 Å². The third-order valence-corrected chi connectivity index (χ3v) is 4.23. The molecule has 8 heteroatoms. The maximum Gasteiger partial charge on any atom is 0.266 e. The third-order valence-electron chi connectivity index (χ3n) is 4.23. The van der Waals surface area contributed by atoms with Crippen LogP contribution in [-0.4, -0.2) is 49.0 Å². The highest BCUT2D eigenvalue weighted by molar-refractivity contribution is 5.79. The maximum absolute atomic E-state index is 12.5. The van der Waals surface area contributed by atoms with Gasteiger partial charge in [0.2, 0.25) is 5.91 Å². The van der Waals surface area contributed by atoms with Gasteiger partial charge in [0.1, 0.15) is 0 Å². The highest BCUT2D eigenvalue weighted by Gasteiger charge is 2.16. The number of aromatic amines is 2. The molecule has 0 radical (unpaired) electrons. The topological polar surface area (TPSA) is 99.1 Å². The Morgan fingerprint density at radius 1 is 1.38 bits per heavy atom. The number of rotatable bonds is 5. The van der Waals surface area contributed by atoms with Crippen LogP contribution in [0.2, 0.25) is 0 Å². The predicted molar refractivity (Wildman–Crippen MR) is 88.9 cm³/mol. The van der Waals surface area contributed by atoms with Crippen LogP contribution in [0.15, 0.2) is 23.4 Å². The molecular weight excluding hydrogens is 308 g/mol. The second-order valence-electron chi connectivity index (χ2n) is 5.89. The first-order valence-corrected chi connectivity index (χ1v) is 7.75. The molecule has 1 amide bonds. The number of likely N-dealkylation sites (N-methyl/N-ethyl adjacent to an activating group) is 1. The standard InChI is InChI=1S/C16H20N6O2/c1-10-13(11(2)22-14(19-10)7-15(23)20-22)6-16(24)21(3)5-4-12-8-17-9-18-12/h7-9H,4-6H2,1-3H3,(H,17,18)(H,20,23). The SMILES string of the molecule is Cc1nc2cc(=O)[nH]n2c(C)c1CC(=O)N(C)CCc1cnc[nH]1. The summed E-state index contributed by atoms with van der Waals surface area (Å²) in [6, 6.07) is 1.45. The number of nitrogens with zero attached hydrogens (tertiary/aromatic N) is 4. The Bertz CT molecular complexity index is 922. The zero-order chi connectivity index (χ0) is 17.3. The average molecular weight is 328 g/mol. The molecule has 0 bridgehead atoms. The number of hydrogen-bond donors (Lipinski definition) is 2. The maximum atomic E-state index is 12.5. The molecule has 0 unspecified atom stereocenters. The molecule has 0 saturated heterocycles. The minimum atomic E-state index is -0.204. The van der Waals surface area contributed by atoms with E-state index in [0.717, 1.165) is 29.1 Å². The van der Waals surface area contributed by atoms with E-state index in [9.17, 15) is 9.59 Å². The second-order valence-corrected chi connectivity index (χ2v) is 5.89. The van der Waals surface area contributed by atoms with E-state index in [-0.39, 0.29) is 17.9 Å². The van der Waals surface area contributed by atoms with E-state index < -0.39 is 0 Å². The van der Waals surface area contributed by atoms with E-state index in [2.05, 4.69) is 20.1 Å². The van der Waals surface area contributed by atoms with Crippen LogP contribution >= 0.6 is 0 Å². The molecule has 3 rings (SSSR count). The van der Waals surface area contributed by atoms with Gasteiger partial charge < -0.3 is 9.88 Å². The van der Waals surface area contributed by atoms with E-state index in [1.165, 1.54) is 6.07 Å². The third kappa shape index (κ3) is 3.08. The fourth-order valence-electron chi connectivity index (χ4n) is 2.73. The number of nitrogens with one attached hydrogen (secondary N) is 2. The second kappa shape index (κ2) is 6.31. The summed E-state index contributed by atoms with van der Waals surface area (Å²) in [6.45, 7) is 4.34. The highest BCUT2D eigenvalue weighted by atomic mass is 16.2. The molecule has 3 aromatic rings. The smallest absolute Gasteiger partial charge is 0.266 e. The number of hydrogen-bond acceptors (Lipinski definition) is 4. The van der Waals surface area contributed by atoms with Crippen molar-refractivity contribution in [3.63, 3.8) is 0 Å². The molecule has 0 aromatic carbocycles. The molecule has 0 aliphatic carbocycles. The van der Waals surface area contributed by atoms with Gasteiger partial charge in [0.25, 0.3) is 5.56 Å². The Morgan fingerprint density at radius 3 is 2.88 bits per heavy atom. The molecule has 2 N–H and O–H groups in total. The van der Waals surface area contributed by atoms with E-state index in [0.29, 0.717) is 12.2 Å². The van der Waals surface area contributed by atoms with Crippen molar-refractivity contribution in [2.75, 3.05) is 13.6 Å². The normalized spacial score (nSPS) is 11.1. The Kier molecular flexibility index (Phi) is 4.20. The van der Waals surface area contributed by atoms with Crippen LogP contribution in [0.5, 0.6) is 0 Å². The molecule has 0 aliphatic rings. The van der Waals surface area contributed by atoms with Crippen molar-refractivity contribution in [3.8, 4) is 0 Å². The summed E-state index contributed by atoms with van der Waals surface area (Å²) in [7, 11) is 1.78. The fraction of sp³-hybridized carbons (Fsp3) is 0.375. The summed E-state index contributed by atoms with van der Waals surface area (Å²) in [5.41, 5.74) is 3.79. The summed E-state index contributed by atoms with van der Waals surface area (Å²) in [6.07, 6.45) is 4.36. The monoisotopic (exact) mass is 328 g/mol. The van der Waals surface area contributed by atoms with Crippen LogP contribution < -0.4 is 5.56 Å². The first-order chi connectivity index (χ1) is 11.5. The molecule has 3 aromatic heterocycles. The van der Waals surface area contributed by atoms with Crippen LogP contribution in [-0.2, 0) is 17.6 Å². The van der Waals surface area contributed by atoms with Crippen LogP contribution in [0.25, 0.3) is 5.65 Å². The van der Waals surface area contributed by atoms with Crippen molar-refractivity contribution >= 4 is 11.6 Å². The van der Waals surface area contributed by atoms with Crippen molar-refractivity contribution in [2.45, 2.75) is 26.7 Å². The molecule has 0 aliphatic heterocycles. The molecule has 24 heavy (non-hydrogen) atoms. The number of imidazole rings is 1. The number of carbonyl (C=O) groups excluding carboxylic acids is 1. The first kappa shape index (κ1) is 16.0. The largest absolute Gasteiger partial charge is 0.348 e. The van der Waals surface area contributed by atoms with Crippen molar-refractivity contribution in [1.82, 2.24) is 29.5 Å². The van der Waals surface area contributed by atoms with E-state index in [1.807, 2.05) is 13.8 Å². The van der Waals surface area contributed by atoms with Gasteiger partial charge in [-0.25, -0.2) is 14.5 Å². The highest BCUT2D eigenvalue weighted by Crippen LogP contribution is 2.14. The molecule has 3 heterocycles. The lowest BCUT2D eigenvalue weighted by molar-refractivity contribution is -0.129. The minimum Gasteiger partial charge on any atom is -0.348 e. The van der Waals surface area contributed by atoms with Gasteiger partial charge in [0.15, 0.2) is 5.65 Å². The quantitative estimate of drug-likeness (QED) is 0.716. The molecule has 0 fully saturated rings. The van der Waals surface area contributed by atoms with Gasteiger partial charge in [0, 0.05) is 54.9 Å². The number of H-pyrrole nitrogens is 2. The van der Waals surface area contributed by atoms with Gasteiger partial charge in [-0.3, -0.25) is 14.7 Å². The Labute approximate surface area is 138 Å². The number of aryl methyl sites for hydroxylation is 2. The molecule has 0 atom stereocenters. The summed E-state index contributed by atoms with van der Waals surface area (Å²) in [5.74, 6) is 0.0105. The van der Waals surface area contributed by atoms with Crippen molar-refractivity contribution in [3.05, 3.63) is 51.6 Å². The van der Waals surface area contributed by atoms with Gasteiger partial charge >= 0.3 is 0 Å². The molecular formula is C16H20N6O2. The van der Waals surface area contributed by atoms with Gasteiger partial charge in [-0.15, -0.1) is 0 Å². The van der Waals surface area contributed by atoms with E-state index >= 15 is 0 Å². The van der Waals surface area contributed by atoms with Crippen LogP contribution in [0.3, 0.4) is 0 Å². The van der Waals surface area contributed by atoms with Crippen molar-refractivity contribution in [1.29, 1.82) is 0 Å². The van der Waals surface area contributed by atoms with Gasteiger partial charge in [-0.2, -0.15) is 0 Å². The van der Waals surface area contributed by atoms with Crippen molar-refractivity contribution in [2.24, 2.45) is 0 Å². The van der Waals surface area contributed by atoms with Crippen LogP contribution in [0.1, 0.15) is 22.6 Å². The lowest BCUT2D eigenvalue weighted by Crippen LogP contribution is -2.31. The lowest BCUT2D eigenvalue weighted by atomic mass is 10.1. The van der Waals surface area contributed by atoms with Crippen LogP contribution in [0, 0.1) is 13.8 Å². The Hall–Kier alpha value is -2.90. The number of amides is 1. The summed E-state index contributed by atoms with van der Waals surface area (Å²) in [5, 5.41) is 2.70. The number of aromatic nitrogens is 5. The summed E-state index contributed by atoms with van der Waals surface area (Å²) in [4.78, 5) is 37.1. The zero-order valence-electron chi connectivity index (χ0n) is 14.0. The Balaban J connectivity index is 1.76. The van der Waals surface area contributed by atoms with Crippen LogP contribution in [0.4, 0.5) is 0 Å². The molecule has 126 valence electrons. The fourth-order valence-corrected chi connectivity index (χ4v) is 2.73. The molecule has 0 saturated carbocycles. The Morgan fingerprint density at radius 2 is 2.17 bits per heavy atom. The van der Waals surface area contributed by atoms with Gasteiger partial charge in [0.05, 0.1) is 12.7 Å². The lowest BCUT2D eigenvalue weighted by Gasteiger charge is -2.18. The van der Waals surface area contributed by atoms with E-state index in [1.54, 1.807) is 29.0 Å².